The normalized spacial score (nSPS) is 16.9. The lowest BCUT2D eigenvalue weighted by Gasteiger charge is -2.20. The van der Waals surface area contributed by atoms with Gasteiger partial charge < -0.3 is 10.1 Å². The highest BCUT2D eigenvalue weighted by molar-refractivity contribution is 5.93. The number of hydrogen-bond acceptors (Lipinski definition) is 7. The van der Waals surface area contributed by atoms with Gasteiger partial charge in [-0.15, -0.1) is 0 Å². The van der Waals surface area contributed by atoms with E-state index in [1.54, 1.807) is 31.0 Å². The number of rotatable bonds is 7. The van der Waals surface area contributed by atoms with Gasteiger partial charge in [-0.2, -0.15) is 0 Å². The number of hydroxylamine groups is 1. The molecule has 8 heteroatoms. The van der Waals surface area contributed by atoms with E-state index in [2.05, 4.69) is 34.1 Å². The van der Waals surface area contributed by atoms with Gasteiger partial charge in [0.1, 0.15) is 17.9 Å². The van der Waals surface area contributed by atoms with Crippen LogP contribution in [0.25, 0.3) is 5.57 Å². The van der Waals surface area contributed by atoms with Crippen molar-refractivity contribution in [1.29, 1.82) is 0 Å². The molecular weight excluding hydrogens is 382 g/mol. The quantitative estimate of drug-likeness (QED) is 0.476. The Balaban J connectivity index is 1.72. The number of anilines is 1. The second-order valence-electron chi connectivity index (χ2n) is 7.52. The molecule has 30 heavy (non-hydrogen) atoms. The average Bonchev–Trinajstić information content (AvgIpc) is 2.76. The van der Waals surface area contributed by atoms with Gasteiger partial charge in [0.2, 0.25) is 0 Å². The molecule has 0 spiro atoms. The van der Waals surface area contributed by atoms with Crippen LogP contribution in [0.1, 0.15) is 54.7 Å². The van der Waals surface area contributed by atoms with E-state index in [0.29, 0.717) is 23.8 Å². The molecule has 0 bridgehead atoms. The molecule has 2 heterocycles. The minimum atomic E-state index is -0.579. The minimum Gasteiger partial charge on any atom is -0.496 e. The van der Waals surface area contributed by atoms with Crippen LogP contribution in [0.4, 0.5) is 5.82 Å². The highest BCUT2D eigenvalue weighted by Crippen LogP contribution is 2.30. The Morgan fingerprint density at radius 3 is 2.83 bits per heavy atom. The summed E-state index contributed by atoms with van der Waals surface area (Å²) in [5.41, 5.74) is 6.02. The van der Waals surface area contributed by atoms with Crippen LogP contribution in [0, 0.1) is 5.92 Å². The standard InChI is InChI=1S/C22H27N5O3/c1-13-7-15(3)23-11-18(13)19-9-21(26-12-25-19)24-10-14(2)17-6-5-16(22(28)27-29)8-20(17)30-4/h5-6,8-9,11-14,29H,7,10H2,1-4H3,(H,27,28)(H,24,25,26). The molecule has 0 aliphatic carbocycles. The van der Waals surface area contributed by atoms with E-state index in [-0.39, 0.29) is 5.92 Å². The first-order valence-corrected chi connectivity index (χ1v) is 9.85. The maximum Gasteiger partial charge on any atom is 0.274 e. The van der Waals surface area contributed by atoms with Crippen molar-refractivity contribution in [3.05, 3.63) is 53.6 Å². The maximum absolute atomic E-state index is 11.6. The van der Waals surface area contributed by atoms with Gasteiger partial charge in [0, 0.05) is 36.0 Å². The Bertz CT molecular complexity index is 986. The second-order valence-corrected chi connectivity index (χ2v) is 7.52. The molecule has 2 unspecified atom stereocenters. The van der Waals surface area contributed by atoms with Crippen molar-refractivity contribution in [1.82, 2.24) is 15.4 Å². The topological polar surface area (TPSA) is 109 Å². The summed E-state index contributed by atoms with van der Waals surface area (Å²) in [6, 6.07) is 7.04. The van der Waals surface area contributed by atoms with Gasteiger partial charge in [0.05, 0.1) is 12.8 Å². The first-order valence-electron chi connectivity index (χ1n) is 9.85. The Labute approximate surface area is 176 Å². The van der Waals surface area contributed by atoms with Crippen LogP contribution in [0.5, 0.6) is 5.75 Å². The van der Waals surface area contributed by atoms with E-state index < -0.39 is 5.91 Å². The van der Waals surface area contributed by atoms with Crippen LogP contribution in [-0.2, 0) is 0 Å². The lowest BCUT2D eigenvalue weighted by Crippen LogP contribution is -2.19. The van der Waals surface area contributed by atoms with E-state index in [1.807, 2.05) is 25.3 Å². The van der Waals surface area contributed by atoms with Crippen molar-refractivity contribution in [3.8, 4) is 5.75 Å². The lowest BCUT2D eigenvalue weighted by molar-refractivity contribution is 0.0706. The number of amides is 1. The summed E-state index contributed by atoms with van der Waals surface area (Å²) in [7, 11) is 1.56. The largest absolute Gasteiger partial charge is 0.496 e. The molecule has 8 nitrogen and oxygen atoms in total. The van der Waals surface area contributed by atoms with E-state index in [9.17, 15) is 4.79 Å². The lowest BCUT2D eigenvalue weighted by atomic mass is 9.92. The van der Waals surface area contributed by atoms with Gasteiger partial charge >= 0.3 is 0 Å². The maximum atomic E-state index is 11.6. The summed E-state index contributed by atoms with van der Waals surface area (Å²) in [5.74, 6) is 1.20. The third-order valence-corrected chi connectivity index (χ3v) is 5.24. The zero-order chi connectivity index (χ0) is 21.7. The number of aliphatic imine (C=N–C) groups is 1. The van der Waals surface area contributed by atoms with Crippen LogP contribution in [0.15, 0.2) is 41.8 Å². The molecule has 0 radical (unpaired) electrons. The zero-order valence-corrected chi connectivity index (χ0v) is 17.6. The number of ether oxygens (including phenoxy) is 1. The van der Waals surface area contributed by atoms with Crippen LogP contribution >= 0.6 is 0 Å². The number of hydrogen-bond donors (Lipinski definition) is 3. The van der Waals surface area contributed by atoms with Crippen molar-refractivity contribution >= 4 is 23.0 Å². The Morgan fingerprint density at radius 1 is 1.33 bits per heavy atom. The Morgan fingerprint density at radius 2 is 2.13 bits per heavy atom. The number of allylic oxidation sites excluding steroid dienone is 1. The number of carbonyl (C=O) groups excluding carboxylic acids is 1. The van der Waals surface area contributed by atoms with Crippen molar-refractivity contribution in [2.45, 2.75) is 33.1 Å². The second kappa shape index (κ2) is 9.49. The zero-order valence-electron chi connectivity index (χ0n) is 17.6. The molecule has 158 valence electrons. The van der Waals surface area contributed by atoms with E-state index >= 15 is 0 Å². The predicted molar refractivity (Wildman–Crippen MR) is 116 cm³/mol. The van der Waals surface area contributed by atoms with Gasteiger partial charge in [0.25, 0.3) is 5.91 Å². The highest BCUT2D eigenvalue weighted by atomic mass is 16.5. The Kier molecular flexibility index (Phi) is 6.79. The van der Waals surface area contributed by atoms with Crippen LogP contribution in [-0.4, -0.2) is 40.4 Å². The molecule has 1 amide bonds. The van der Waals surface area contributed by atoms with E-state index in [4.69, 9.17) is 9.94 Å². The summed E-state index contributed by atoms with van der Waals surface area (Å²) in [6.07, 6.45) is 4.39. The number of aromatic nitrogens is 2. The Hall–Kier alpha value is -3.26. The summed E-state index contributed by atoms with van der Waals surface area (Å²) in [4.78, 5) is 24.8. The van der Waals surface area contributed by atoms with Crippen molar-refractivity contribution in [3.63, 3.8) is 0 Å². The summed E-state index contributed by atoms with van der Waals surface area (Å²) >= 11 is 0. The van der Waals surface area contributed by atoms with Crippen LogP contribution in [0.2, 0.25) is 0 Å². The van der Waals surface area contributed by atoms with Gasteiger partial charge in [-0.05, 0) is 42.5 Å². The fraction of sp³-hybridized carbons (Fsp3) is 0.364. The molecule has 1 aliphatic rings. The predicted octanol–water partition coefficient (Wildman–Crippen LogP) is 3.66. The van der Waals surface area contributed by atoms with Crippen LogP contribution < -0.4 is 15.5 Å². The van der Waals surface area contributed by atoms with E-state index in [1.165, 1.54) is 0 Å². The molecule has 0 saturated carbocycles. The third-order valence-electron chi connectivity index (χ3n) is 5.24. The molecule has 3 N–H and O–H groups in total. The molecule has 0 fully saturated rings. The van der Waals surface area contributed by atoms with Crippen molar-refractivity contribution < 1.29 is 14.7 Å². The van der Waals surface area contributed by atoms with Crippen molar-refractivity contribution in [2.75, 3.05) is 19.0 Å². The molecule has 1 aromatic carbocycles. The number of nitrogens with one attached hydrogen (secondary N) is 2. The van der Waals surface area contributed by atoms with Gasteiger partial charge in [-0.25, -0.2) is 15.4 Å². The number of carbonyl (C=O) groups is 1. The van der Waals surface area contributed by atoms with Gasteiger partial charge in [0.15, 0.2) is 0 Å². The number of nitrogens with zero attached hydrogens (tertiary/aromatic N) is 3. The first kappa shape index (κ1) is 21.4. The number of methoxy groups -OCH3 is 1. The fourth-order valence-electron chi connectivity index (χ4n) is 3.53. The molecular formula is C22H27N5O3. The summed E-state index contributed by atoms with van der Waals surface area (Å²) < 4.78 is 5.44. The fourth-order valence-corrected chi connectivity index (χ4v) is 3.53. The molecule has 0 saturated heterocycles. The monoisotopic (exact) mass is 409 g/mol. The summed E-state index contributed by atoms with van der Waals surface area (Å²) in [5, 5.41) is 12.2. The molecule has 1 aromatic heterocycles. The van der Waals surface area contributed by atoms with Gasteiger partial charge in [-0.3, -0.25) is 15.0 Å². The highest BCUT2D eigenvalue weighted by Gasteiger charge is 2.18. The molecule has 3 rings (SSSR count). The molecule has 2 aromatic rings. The smallest absolute Gasteiger partial charge is 0.274 e. The molecule has 1 aliphatic heterocycles. The van der Waals surface area contributed by atoms with Crippen molar-refractivity contribution in [2.24, 2.45) is 10.9 Å². The minimum absolute atomic E-state index is 0.0877. The SMILES string of the molecule is COc1cc(C(=O)NO)ccc1C(C)CNc1cc(C2=CN=C(C)CC2C)ncn1. The first-order chi connectivity index (χ1) is 14.4. The third kappa shape index (κ3) is 4.83. The van der Waals surface area contributed by atoms with Crippen LogP contribution in [0.3, 0.4) is 0 Å². The number of benzene rings is 1. The van der Waals surface area contributed by atoms with Gasteiger partial charge in [-0.1, -0.05) is 19.9 Å². The molecule has 2 atom stereocenters. The average molecular weight is 409 g/mol. The van der Waals surface area contributed by atoms with E-state index in [0.717, 1.165) is 34.8 Å². The summed E-state index contributed by atoms with van der Waals surface area (Å²) in [6.45, 7) is 6.88.